The number of aromatic nitrogens is 4. The van der Waals surface area contributed by atoms with Crippen molar-refractivity contribution in [3.05, 3.63) is 12.2 Å². The molecule has 0 aliphatic carbocycles. The zero-order chi connectivity index (χ0) is 22.7. The fraction of sp³-hybridized carbons (Fsp3) is 0.500. The van der Waals surface area contributed by atoms with Gasteiger partial charge in [0.2, 0.25) is 5.82 Å². The van der Waals surface area contributed by atoms with E-state index in [0.29, 0.717) is 6.54 Å². The number of amides is 2. The number of aliphatic hydroxyl groups is 2. The van der Waals surface area contributed by atoms with Crippen LogP contribution in [0.4, 0.5) is 10.6 Å². The average Bonchev–Trinajstić information content (AvgIpc) is 3.29. The van der Waals surface area contributed by atoms with Gasteiger partial charge in [-0.25, -0.2) is 19.7 Å². The number of hydrogen-bond acceptors (Lipinski definition) is 10. The molecule has 31 heavy (non-hydrogen) atoms. The van der Waals surface area contributed by atoms with Crippen LogP contribution in [-0.4, -0.2) is 92.2 Å². The lowest BCUT2D eigenvalue weighted by Gasteiger charge is -2.16. The third kappa shape index (κ3) is 4.36. The Labute approximate surface area is 177 Å². The quantitative estimate of drug-likeness (QED) is 0.403. The van der Waals surface area contributed by atoms with Crippen molar-refractivity contribution in [3.8, 4) is 11.8 Å². The minimum Gasteiger partial charge on any atom is -0.453 e. The molecule has 0 unspecified atom stereocenters. The predicted octanol–water partition coefficient (Wildman–Crippen LogP) is -1.79. The molecule has 0 bridgehead atoms. The molecule has 2 aromatic heterocycles. The van der Waals surface area contributed by atoms with Crippen molar-refractivity contribution in [3.63, 3.8) is 0 Å². The summed E-state index contributed by atoms with van der Waals surface area (Å²) in [6.45, 7) is 2.14. The third-order valence-electron chi connectivity index (χ3n) is 4.57. The number of anilines is 1. The van der Waals surface area contributed by atoms with Crippen LogP contribution in [0.1, 0.15) is 19.0 Å². The lowest BCUT2D eigenvalue weighted by molar-refractivity contribution is -0.137. The Hall–Kier alpha value is -3.47. The van der Waals surface area contributed by atoms with E-state index in [-0.39, 0.29) is 29.4 Å². The molecule has 3 rings (SSSR count). The lowest BCUT2D eigenvalue weighted by atomic mass is 10.1. The van der Waals surface area contributed by atoms with Crippen molar-refractivity contribution >= 4 is 29.0 Å². The number of fused-ring (bicyclic) bond motifs is 1. The van der Waals surface area contributed by atoms with E-state index in [1.54, 1.807) is 6.92 Å². The summed E-state index contributed by atoms with van der Waals surface area (Å²) in [4.78, 5) is 37.3. The standard InChI is InChI=1S/C18H23N7O6/c1-4-20-16(28)13-11(26)12(27)17(31-13)25-8-21-10-14(19)22-9(23-15(10)25)6-5-7-24(2)18(29)30-3/h8,11-13,17,26-27H,4,7H2,1-3H3,(H,20,28)(H2,19,22,23)/t11-,12+,13-,17+/m0/s1. The van der Waals surface area contributed by atoms with Crippen LogP contribution in [0.2, 0.25) is 0 Å². The second-order valence-corrected chi connectivity index (χ2v) is 6.71. The van der Waals surface area contributed by atoms with Crippen LogP contribution in [0.3, 0.4) is 0 Å². The van der Waals surface area contributed by atoms with Crippen molar-refractivity contribution in [1.29, 1.82) is 0 Å². The van der Waals surface area contributed by atoms with Crippen molar-refractivity contribution in [2.24, 2.45) is 0 Å². The highest BCUT2D eigenvalue weighted by Gasteiger charge is 2.47. The molecular weight excluding hydrogens is 410 g/mol. The van der Waals surface area contributed by atoms with Gasteiger partial charge >= 0.3 is 6.09 Å². The summed E-state index contributed by atoms with van der Waals surface area (Å²) >= 11 is 0. The Morgan fingerprint density at radius 1 is 1.39 bits per heavy atom. The van der Waals surface area contributed by atoms with Gasteiger partial charge in [-0.3, -0.25) is 9.36 Å². The highest BCUT2D eigenvalue weighted by molar-refractivity contribution is 5.83. The molecule has 13 nitrogen and oxygen atoms in total. The van der Waals surface area contributed by atoms with Crippen molar-refractivity contribution in [2.75, 3.05) is 33.0 Å². The number of likely N-dealkylation sites (N-methyl/N-ethyl adjacent to an activating group) is 1. The van der Waals surface area contributed by atoms with Gasteiger partial charge in [-0.05, 0) is 12.8 Å². The van der Waals surface area contributed by atoms with E-state index in [2.05, 4.69) is 36.8 Å². The van der Waals surface area contributed by atoms with E-state index < -0.39 is 36.5 Å². The van der Waals surface area contributed by atoms with E-state index in [1.807, 2.05) is 0 Å². The molecule has 166 valence electrons. The van der Waals surface area contributed by atoms with Gasteiger partial charge in [-0.15, -0.1) is 0 Å². The van der Waals surface area contributed by atoms with Crippen LogP contribution in [0.15, 0.2) is 6.33 Å². The fourth-order valence-corrected chi connectivity index (χ4v) is 3.02. The van der Waals surface area contributed by atoms with Gasteiger partial charge in [-0.2, -0.15) is 0 Å². The van der Waals surface area contributed by atoms with Crippen LogP contribution >= 0.6 is 0 Å². The first-order valence-electron chi connectivity index (χ1n) is 9.35. The molecule has 0 saturated carbocycles. The van der Waals surface area contributed by atoms with E-state index in [4.69, 9.17) is 10.5 Å². The molecule has 1 saturated heterocycles. The minimum atomic E-state index is -1.44. The largest absolute Gasteiger partial charge is 0.453 e. The predicted molar refractivity (Wildman–Crippen MR) is 106 cm³/mol. The molecule has 2 aromatic rings. The highest BCUT2D eigenvalue weighted by atomic mass is 16.6. The number of nitrogen functional groups attached to an aromatic ring is 1. The topological polar surface area (TPSA) is 178 Å². The average molecular weight is 433 g/mol. The molecular formula is C18H23N7O6. The maximum Gasteiger partial charge on any atom is 0.410 e. The van der Waals surface area contributed by atoms with Gasteiger partial charge in [-0.1, -0.05) is 5.92 Å². The highest BCUT2D eigenvalue weighted by Crippen LogP contribution is 2.32. The summed E-state index contributed by atoms with van der Waals surface area (Å²) in [6.07, 6.45) is -4.47. The summed E-state index contributed by atoms with van der Waals surface area (Å²) in [5.74, 6) is 4.99. The molecule has 5 N–H and O–H groups in total. The van der Waals surface area contributed by atoms with Crippen molar-refractivity contribution in [2.45, 2.75) is 31.5 Å². The zero-order valence-electron chi connectivity index (χ0n) is 17.1. The van der Waals surface area contributed by atoms with E-state index in [1.165, 1.54) is 30.0 Å². The van der Waals surface area contributed by atoms with E-state index in [9.17, 15) is 19.8 Å². The molecule has 2 amide bonds. The lowest BCUT2D eigenvalue weighted by Crippen LogP contribution is -2.42. The number of aliphatic hydroxyl groups excluding tert-OH is 2. The summed E-state index contributed by atoms with van der Waals surface area (Å²) in [5, 5.41) is 23.2. The number of imidazole rings is 1. The number of carbonyl (C=O) groups is 2. The van der Waals surface area contributed by atoms with Crippen LogP contribution in [0.5, 0.6) is 0 Å². The molecule has 1 aliphatic rings. The number of nitrogens with zero attached hydrogens (tertiary/aromatic N) is 5. The molecule has 1 aliphatic heterocycles. The SMILES string of the molecule is CCNC(=O)[C@H]1O[C@@H](n2cnc3c(N)nc(C#CCN(C)C(=O)OC)nc32)[C@H](O)[C@@H]1O. The summed E-state index contributed by atoms with van der Waals surface area (Å²) in [6, 6.07) is 0. The number of nitrogens with two attached hydrogens (primary N) is 1. The second kappa shape index (κ2) is 9.13. The Bertz CT molecular complexity index is 1050. The van der Waals surface area contributed by atoms with Gasteiger partial charge in [0.05, 0.1) is 20.0 Å². The smallest absolute Gasteiger partial charge is 0.410 e. The second-order valence-electron chi connectivity index (χ2n) is 6.71. The summed E-state index contributed by atoms with van der Waals surface area (Å²) < 4.78 is 11.5. The van der Waals surface area contributed by atoms with Gasteiger partial charge in [0.1, 0.15) is 17.7 Å². The Morgan fingerprint density at radius 3 is 2.81 bits per heavy atom. The molecule has 4 atom stereocenters. The Balaban J connectivity index is 1.90. The first kappa shape index (κ1) is 22.2. The maximum absolute atomic E-state index is 12.1. The molecule has 0 radical (unpaired) electrons. The molecule has 0 spiro atoms. The van der Waals surface area contributed by atoms with E-state index in [0.717, 1.165) is 0 Å². The zero-order valence-corrected chi connectivity index (χ0v) is 17.1. The molecule has 13 heteroatoms. The van der Waals surface area contributed by atoms with Crippen molar-refractivity contribution in [1.82, 2.24) is 29.7 Å². The van der Waals surface area contributed by atoms with Crippen LogP contribution < -0.4 is 11.1 Å². The van der Waals surface area contributed by atoms with E-state index >= 15 is 0 Å². The summed E-state index contributed by atoms with van der Waals surface area (Å²) in [7, 11) is 2.78. The minimum absolute atomic E-state index is 0.0442. The number of rotatable bonds is 4. The third-order valence-corrected chi connectivity index (χ3v) is 4.57. The number of ether oxygens (including phenoxy) is 2. The number of hydrogen-bond donors (Lipinski definition) is 4. The number of methoxy groups -OCH3 is 1. The number of carbonyl (C=O) groups excluding carboxylic acids is 2. The Morgan fingerprint density at radius 2 is 2.13 bits per heavy atom. The first-order chi connectivity index (χ1) is 14.8. The van der Waals surface area contributed by atoms with Crippen LogP contribution in [0, 0.1) is 11.8 Å². The first-order valence-corrected chi connectivity index (χ1v) is 9.35. The summed E-state index contributed by atoms with van der Waals surface area (Å²) in [5.41, 5.74) is 6.39. The van der Waals surface area contributed by atoms with Gasteiger partial charge in [0.25, 0.3) is 5.91 Å². The number of nitrogens with one attached hydrogen (secondary N) is 1. The van der Waals surface area contributed by atoms with Gasteiger partial charge in [0, 0.05) is 13.6 Å². The van der Waals surface area contributed by atoms with Gasteiger partial charge < -0.3 is 35.6 Å². The van der Waals surface area contributed by atoms with Crippen molar-refractivity contribution < 1.29 is 29.3 Å². The monoisotopic (exact) mass is 433 g/mol. The maximum atomic E-state index is 12.1. The molecule has 1 fully saturated rings. The Kier molecular flexibility index (Phi) is 6.54. The normalized spacial score (nSPS) is 22.6. The van der Waals surface area contributed by atoms with Crippen LogP contribution in [-0.2, 0) is 14.3 Å². The molecule has 3 heterocycles. The van der Waals surface area contributed by atoms with Crippen LogP contribution in [0.25, 0.3) is 11.2 Å². The fourth-order valence-electron chi connectivity index (χ4n) is 3.02. The molecule has 0 aromatic carbocycles. The van der Waals surface area contributed by atoms with Gasteiger partial charge in [0.15, 0.2) is 23.8 Å².